The largest absolute Gasteiger partial charge is 0.496 e. The molecule has 0 aromatic carbocycles. The van der Waals surface area contributed by atoms with Gasteiger partial charge in [0.2, 0.25) is 0 Å². The number of likely N-dealkylation sites (N-methyl/N-ethyl adjacent to an activating group) is 1. The Morgan fingerprint density at radius 3 is 2.81 bits per heavy atom. The quantitative estimate of drug-likeness (QED) is 0.719. The Labute approximate surface area is 98.2 Å². The van der Waals surface area contributed by atoms with Crippen LogP contribution in [-0.4, -0.2) is 31.9 Å². The number of hydrogen-bond donors (Lipinski definition) is 1. The molecule has 16 heavy (non-hydrogen) atoms. The molecule has 1 aliphatic carbocycles. The second-order valence-corrected chi connectivity index (χ2v) is 4.54. The molecule has 0 saturated heterocycles. The third kappa shape index (κ3) is 2.77. The zero-order valence-electron chi connectivity index (χ0n) is 10.4. The minimum Gasteiger partial charge on any atom is -0.496 e. The normalized spacial score (nSPS) is 23.8. The molecule has 3 nitrogen and oxygen atoms in total. The van der Waals surface area contributed by atoms with Crippen LogP contribution in [0.1, 0.15) is 33.1 Å². The van der Waals surface area contributed by atoms with Crippen molar-refractivity contribution in [1.82, 2.24) is 5.32 Å². The average molecular weight is 225 g/mol. The van der Waals surface area contributed by atoms with Crippen molar-refractivity contribution in [2.24, 2.45) is 5.92 Å². The third-order valence-corrected chi connectivity index (χ3v) is 3.24. The van der Waals surface area contributed by atoms with E-state index in [2.05, 4.69) is 25.2 Å². The molecule has 92 valence electrons. The van der Waals surface area contributed by atoms with Crippen molar-refractivity contribution in [3.8, 4) is 0 Å². The first-order valence-electron chi connectivity index (χ1n) is 6.54. The summed E-state index contributed by atoms with van der Waals surface area (Å²) in [7, 11) is 0. The lowest BCUT2D eigenvalue weighted by Gasteiger charge is -2.28. The summed E-state index contributed by atoms with van der Waals surface area (Å²) in [6.45, 7) is 6.79. The SMILES string of the molecule is CCNC(C1=CCCO1)C(OCC)C1CC1. The van der Waals surface area contributed by atoms with E-state index in [1.807, 2.05) is 0 Å². The van der Waals surface area contributed by atoms with Crippen LogP contribution in [0.25, 0.3) is 0 Å². The van der Waals surface area contributed by atoms with Gasteiger partial charge in [-0.3, -0.25) is 0 Å². The molecule has 1 aliphatic heterocycles. The van der Waals surface area contributed by atoms with E-state index in [0.29, 0.717) is 6.10 Å². The van der Waals surface area contributed by atoms with E-state index in [1.54, 1.807) is 0 Å². The number of rotatable bonds is 7. The second kappa shape index (κ2) is 5.69. The third-order valence-electron chi connectivity index (χ3n) is 3.24. The molecule has 0 aromatic heterocycles. The van der Waals surface area contributed by atoms with E-state index >= 15 is 0 Å². The summed E-state index contributed by atoms with van der Waals surface area (Å²) in [5.74, 6) is 1.83. The van der Waals surface area contributed by atoms with Gasteiger partial charge in [-0.05, 0) is 38.3 Å². The molecule has 2 rings (SSSR count). The summed E-state index contributed by atoms with van der Waals surface area (Å²) in [5, 5.41) is 3.51. The monoisotopic (exact) mass is 225 g/mol. The van der Waals surface area contributed by atoms with Gasteiger partial charge in [0.25, 0.3) is 0 Å². The zero-order valence-corrected chi connectivity index (χ0v) is 10.4. The van der Waals surface area contributed by atoms with Crippen LogP contribution < -0.4 is 5.32 Å². The van der Waals surface area contributed by atoms with E-state index in [-0.39, 0.29) is 6.04 Å². The highest BCUT2D eigenvalue weighted by molar-refractivity contribution is 5.12. The predicted octanol–water partition coefficient (Wildman–Crippen LogP) is 2.08. The van der Waals surface area contributed by atoms with Crippen molar-refractivity contribution in [2.45, 2.75) is 45.3 Å². The Hall–Kier alpha value is -0.540. The van der Waals surface area contributed by atoms with Crippen molar-refractivity contribution >= 4 is 0 Å². The molecule has 0 amide bonds. The number of nitrogens with one attached hydrogen (secondary N) is 1. The molecule has 0 bridgehead atoms. The molecule has 2 unspecified atom stereocenters. The van der Waals surface area contributed by atoms with Gasteiger partial charge in [-0.1, -0.05) is 6.92 Å². The first-order valence-corrected chi connectivity index (χ1v) is 6.54. The lowest BCUT2D eigenvalue weighted by atomic mass is 10.0. The molecule has 2 aliphatic rings. The van der Waals surface area contributed by atoms with Gasteiger partial charge in [-0.2, -0.15) is 0 Å². The molecule has 0 aromatic rings. The van der Waals surface area contributed by atoms with Crippen LogP contribution in [0, 0.1) is 5.92 Å². The fourth-order valence-electron chi connectivity index (χ4n) is 2.37. The summed E-state index contributed by atoms with van der Waals surface area (Å²) in [6.07, 6.45) is 6.16. The van der Waals surface area contributed by atoms with E-state index in [4.69, 9.17) is 9.47 Å². The minimum absolute atomic E-state index is 0.264. The summed E-state index contributed by atoms with van der Waals surface area (Å²) in [6, 6.07) is 0.264. The Balaban J connectivity index is 2.02. The van der Waals surface area contributed by atoms with E-state index in [1.165, 1.54) is 12.8 Å². The highest BCUT2D eigenvalue weighted by Crippen LogP contribution is 2.37. The van der Waals surface area contributed by atoms with Crippen molar-refractivity contribution in [2.75, 3.05) is 19.8 Å². The highest BCUT2D eigenvalue weighted by Gasteiger charge is 2.39. The van der Waals surface area contributed by atoms with Gasteiger partial charge in [0.1, 0.15) is 5.76 Å². The first kappa shape index (κ1) is 11.9. The van der Waals surface area contributed by atoms with Crippen LogP contribution >= 0.6 is 0 Å². The fourth-order valence-corrected chi connectivity index (χ4v) is 2.37. The smallest absolute Gasteiger partial charge is 0.112 e. The maximum Gasteiger partial charge on any atom is 0.112 e. The van der Waals surface area contributed by atoms with Gasteiger partial charge in [-0.25, -0.2) is 0 Å². The molecule has 1 N–H and O–H groups in total. The molecule has 1 fully saturated rings. The lowest BCUT2D eigenvalue weighted by Crippen LogP contribution is -2.44. The van der Waals surface area contributed by atoms with Crippen LogP contribution in [0.2, 0.25) is 0 Å². The Kier molecular flexibility index (Phi) is 4.24. The van der Waals surface area contributed by atoms with Crippen LogP contribution in [0.5, 0.6) is 0 Å². The molecule has 1 heterocycles. The molecule has 0 spiro atoms. The van der Waals surface area contributed by atoms with Crippen LogP contribution in [0.15, 0.2) is 11.8 Å². The average Bonchev–Trinajstić information content (AvgIpc) is 2.99. The number of hydrogen-bond acceptors (Lipinski definition) is 3. The Morgan fingerprint density at radius 2 is 2.31 bits per heavy atom. The summed E-state index contributed by atoms with van der Waals surface area (Å²) < 4.78 is 11.6. The second-order valence-electron chi connectivity index (χ2n) is 4.54. The van der Waals surface area contributed by atoms with Gasteiger partial charge >= 0.3 is 0 Å². The molecule has 0 radical (unpaired) electrons. The standard InChI is InChI=1S/C13H23NO2/c1-3-14-12(11-6-5-9-16-11)13(15-4-2)10-7-8-10/h6,10,12-14H,3-5,7-9H2,1-2H3. The van der Waals surface area contributed by atoms with Crippen LogP contribution in [0.3, 0.4) is 0 Å². The number of ether oxygens (including phenoxy) is 2. The zero-order chi connectivity index (χ0) is 11.4. The van der Waals surface area contributed by atoms with E-state index in [0.717, 1.165) is 37.9 Å². The van der Waals surface area contributed by atoms with Gasteiger partial charge in [0, 0.05) is 13.0 Å². The van der Waals surface area contributed by atoms with Crippen molar-refractivity contribution in [3.63, 3.8) is 0 Å². The Morgan fingerprint density at radius 1 is 1.50 bits per heavy atom. The minimum atomic E-state index is 0.264. The molecule has 1 saturated carbocycles. The van der Waals surface area contributed by atoms with Crippen LogP contribution in [-0.2, 0) is 9.47 Å². The summed E-state index contributed by atoms with van der Waals surface area (Å²) in [4.78, 5) is 0. The molecular weight excluding hydrogens is 202 g/mol. The van der Waals surface area contributed by atoms with Crippen molar-refractivity contribution in [3.05, 3.63) is 11.8 Å². The van der Waals surface area contributed by atoms with Crippen LogP contribution in [0.4, 0.5) is 0 Å². The predicted molar refractivity (Wildman–Crippen MR) is 64.3 cm³/mol. The summed E-state index contributed by atoms with van der Waals surface area (Å²) in [5.41, 5.74) is 0. The van der Waals surface area contributed by atoms with Gasteiger partial charge in [0.05, 0.1) is 18.8 Å². The lowest BCUT2D eigenvalue weighted by molar-refractivity contribution is 0.0146. The topological polar surface area (TPSA) is 30.5 Å². The van der Waals surface area contributed by atoms with Gasteiger partial charge in [-0.15, -0.1) is 0 Å². The first-order chi connectivity index (χ1) is 7.86. The summed E-state index contributed by atoms with van der Waals surface area (Å²) >= 11 is 0. The molecular formula is C13H23NO2. The molecule has 2 atom stereocenters. The van der Waals surface area contributed by atoms with Crippen molar-refractivity contribution in [1.29, 1.82) is 0 Å². The van der Waals surface area contributed by atoms with Gasteiger partial charge < -0.3 is 14.8 Å². The van der Waals surface area contributed by atoms with Gasteiger partial charge in [0.15, 0.2) is 0 Å². The maximum atomic E-state index is 5.91. The maximum absolute atomic E-state index is 5.91. The van der Waals surface area contributed by atoms with E-state index in [9.17, 15) is 0 Å². The highest BCUT2D eigenvalue weighted by atomic mass is 16.5. The van der Waals surface area contributed by atoms with Crippen molar-refractivity contribution < 1.29 is 9.47 Å². The molecule has 3 heteroatoms. The Bertz CT molecular complexity index is 248. The van der Waals surface area contributed by atoms with E-state index < -0.39 is 0 Å². The fraction of sp³-hybridized carbons (Fsp3) is 0.846.